The molecule has 0 spiro atoms. The van der Waals surface area contributed by atoms with Crippen LogP contribution in [0.1, 0.15) is 99.8 Å². The van der Waals surface area contributed by atoms with E-state index in [1.54, 1.807) is 31.4 Å². The van der Waals surface area contributed by atoms with Gasteiger partial charge in [-0.3, -0.25) is 0 Å². The molecule has 12 heteroatoms. The lowest BCUT2D eigenvalue weighted by Crippen LogP contribution is -2.49. The fourth-order valence-electron chi connectivity index (χ4n) is 8.08. The van der Waals surface area contributed by atoms with Crippen LogP contribution in [0.4, 0.5) is 0 Å². The van der Waals surface area contributed by atoms with Crippen molar-refractivity contribution in [2.24, 2.45) is 11.8 Å². The van der Waals surface area contributed by atoms with Gasteiger partial charge in [0.25, 0.3) is 0 Å². The summed E-state index contributed by atoms with van der Waals surface area (Å²) in [5.41, 5.74) is 2.14. The molecule has 3 aliphatic rings. The van der Waals surface area contributed by atoms with Crippen LogP contribution in [-0.4, -0.2) is 105 Å². The Hall–Kier alpha value is -1.20. The van der Waals surface area contributed by atoms with Crippen molar-refractivity contribution in [1.82, 2.24) is 0 Å². The first kappa shape index (κ1) is 48.5. The molecule has 0 radical (unpaired) electrons. The minimum absolute atomic E-state index is 0.000157. The molecule has 3 fully saturated rings. The third-order valence-corrected chi connectivity index (χ3v) is 24.7. The van der Waals surface area contributed by atoms with Gasteiger partial charge in [-0.15, -0.1) is 0 Å². The van der Waals surface area contributed by atoms with Crippen LogP contribution in [0.3, 0.4) is 0 Å². The Morgan fingerprint density at radius 1 is 0.877 bits per heavy atom. The summed E-state index contributed by atoms with van der Waals surface area (Å²) in [6.45, 7) is 34.2. The maximum Gasteiger partial charge on any atom is 0.192 e. The summed E-state index contributed by atoms with van der Waals surface area (Å²) < 4.78 is 68.6. The van der Waals surface area contributed by atoms with Crippen LogP contribution >= 0.6 is 0 Å². The van der Waals surface area contributed by atoms with Crippen LogP contribution in [-0.2, 0) is 37.6 Å². The number of hydrogen-bond acceptors (Lipinski definition) is 9. The van der Waals surface area contributed by atoms with Crippen LogP contribution in [0.5, 0.6) is 0 Å². The molecular formula is C45H78O9SSi2. The quantitative estimate of drug-likeness (QED) is 0.108. The Balaban J connectivity index is 1.59. The molecule has 3 saturated heterocycles. The lowest BCUT2D eigenvalue weighted by atomic mass is 9.83. The van der Waals surface area contributed by atoms with Crippen LogP contribution in [0.25, 0.3) is 0 Å². The molecule has 3 heterocycles. The molecule has 3 aliphatic heterocycles. The van der Waals surface area contributed by atoms with Crippen LogP contribution in [0, 0.1) is 11.8 Å². The lowest BCUT2D eigenvalue weighted by molar-refractivity contribution is -0.0782. The molecule has 57 heavy (non-hydrogen) atoms. The van der Waals surface area contributed by atoms with E-state index in [4.69, 9.17) is 27.8 Å². The number of sulfone groups is 1. The Morgan fingerprint density at radius 2 is 1.51 bits per heavy atom. The third-order valence-electron chi connectivity index (χ3n) is 13.8. The highest BCUT2D eigenvalue weighted by Crippen LogP contribution is 2.44. The SMILES string of the molecule is C=C1CC(CCCO)OC1CCC1CC(C)C(=C)C(CC2OC(CC(CO[Si](C)(C)C(C)(C)C)O[Si](C)(C)C(C)(C)C)C(OC)C2CS(=O)(=O)c2ccccc2)O1. The van der Waals surface area contributed by atoms with E-state index in [1.807, 2.05) is 6.07 Å². The van der Waals surface area contributed by atoms with Gasteiger partial charge in [-0.2, -0.15) is 0 Å². The van der Waals surface area contributed by atoms with Gasteiger partial charge >= 0.3 is 0 Å². The van der Waals surface area contributed by atoms with Gasteiger partial charge < -0.3 is 32.9 Å². The normalized spacial score (nSPS) is 29.9. The largest absolute Gasteiger partial charge is 0.414 e. The van der Waals surface area contributed by atoms with Crippen molar-refractivity contribution in [3.63, 3.8) is 0 Å². The maximum absolute atomic E-state index is 14.1. The van der Waals surface area contributed by atoms with E-state index < -0.39 is 50.7 Å². The molecule has 0 bridgehead atoms. The number of hydrogen-bond donors (Lipinski definition) is 1. The van der Waals surface area contributed by atoms with E-state index in [1.165, 1.54) is 0 Å². The summed E-state index contributed by atoms with van der Waals surface area (Å²) in [5, 5.41) is 9.32. The Bertz CT molecular complexity index is 1570. The molecule has 1 N–H and O–H groups in total. The summed E-state index contributed by atoms with van der Waals surface area (Å²) in [7, 11) is -6.35. The second kappa shape index (κ2) is 19.7. The van der Waals surface area contributed by atoms with E-state index in [9.17, 15) is 13.5 Å². The first-order valence-corrected chi connectivity index (χ1v) is 28.9. The summed E-state index contributed by atoms with van der Waals surface area (Å²) in [4.78, 5) is 0.297. The predicted molar refractivity (Wildman–Crippen MR) is 235 cm³/mol. The Labute approximate surface area is 348 Å². The zero-order valence-electron chi connectivity index (χ0n) is 37.5. The van der Waals surface area contributed by atoms with Gasteiger partial charge in [0.05, 0.1) is 66.1 Å². The molecule has 4 rings (SSSR count). The fourth-order valence-corrected chi connectivity index (χ4v) is 12.1. The summed E-state index contributed by atoms with van der Waals surface area (Å²) in [6, 6.07) is 8.68. The minimum Gasteiger partial charge on any atom is -0.414 e. The van der Waals surface area contributed by atoms with Crippen molar-refractivity contribution in [2.75, 3.05) is 26.1 Å². The highest BCUT2D eigenvalue weighted by atomic mass is 32.2. The molecular weight excluding hydrogens is 773 g/mol. The Morgan fingerprint density at radius 3 is 2.11 bits per heavy atom. The van der Waals surface area contributed by atoms with Crippen LogP contribution in [0.2, 0.25) is 36.3 Å². The van der Waals surface area contributed by atoms with Gasteiger partial charge in [0.2, 0.25) is 0 Å². The second-order valence-electron chi connectivity index (χ2n) is 20.2. The maximum atomic E-state index is 14.1. The van der Waals surface area contributed by atoms with E-state index in [0.717, 1.165) is 49.7 Å². The summed E-state index contributed by atoms with van der Waals surface area (Å²) in [5.74, 6) is -0.324. The van der Waals surface area contributed by atoms with Crippen LogP contribution in [0.15, 0.2) is 59.5 Å². The standard InChI is InChI=1S/C45H78O9SSi2/c1-31-25-35(22-23-39-32(2)26-34(51-39)19-18-24-46)52-40(33(31)3)28-41-38(30-55(47,48)37-20-16-15-17-21-37)43(49-10)42(53-41)27-36(54-57(13,14)45(7,8)9)29-50-56(11,12)44(4,5)6/h15-17,20-21,31,34-36,38-43,46H,2-3,18-19,22-30H2,1,4-14H3. The van der Waals surface area contributed by atoms with E-state index in [2.05, 4.69) is 87.8 Å². The van der Waals surface area contributed by atoms with Crippen molar-refractivity contribution in [1.29, 1.82) is 0 Å². The lowest BCUT2D eigenvalue weighted by Gasteiger charge is -2.42. The fraction of sp³-hybridized carbons (Fsp3) is 0.778. The smallest absolute Gasteiger partial charge is 0.192 e. The number of aliphatic hydroxyl groups excluding tert-OH is 1. The molecule has 0 aromatic heterocycles. The highest BCUT2D eigenvalue weighted by molar-refractivity contribution is 7.91. The number of aliphatic hydroxyl groups is 1. The van der Waals surface area contributed by atoms with Crippen molar-refractivity contribution in [3.8, 4) is 0 Å². The topological polar surface area (TPSA) is 110 Å². The first-order chi connectivity index (χ1) is 26.4. The third kappa shape index (κ3) is 12.7. The van der Waals surface area contributed by atoms with Gasteiger partial charge in [-0.25, -0.2) is 8.42 Å². The molecule has 326 valence electrons. The van der Waals surface area contributed by atoms with E-state index >= 15 is 0 Å². The summed E-state index contributed by atoms with van der Waals surface area (Å²) >= 11 is 0. The minimum atomic E-state index is -3.68. The molecule has 1 aromatic rings. The number of benzene rings is 1. The first-order valence-electron chi connectivity index (χ1n) is 21.4. The molecule has 0 saturated carbocycles. The molecule has 9 nitrogen and oxygen atoms in total. The zero-order chi connectivity index (χ0) is 42.6. The monoisotopic (exact) mass is 850 g/mol. The van der Waals surface area contributed by atoms with Gasteiger partial charge in [0.1, 0.15) is 0 Å². The average Bonchev–Trinajstić information content (AvgIpc) is 3.63. The van der Waals surface area contributed by atoms with Gasteiger partial charge in [-0.05, 0) is 104 Å². The van der Waals surface area contributed by atoms with Crippen molar-refractivity contribution < 1.29 is 41.3 Å². The van der Waals surface area contributed by atoms with Crippen LogP contribution < -0.4 is 0 Å². The number of methoxy groups -OCH3 is 1. The zero-order valence-corrected chi connectivity index (χ0v) is 40.3. The number of rotatable bonds is 19. The van der Waals surface area contributed by atoms with Gasteiger partial charge in [0.15, 0.2) is 26.5 Å². The molecule has 10 unspecified atom stereocenters. The second-order valence-corrected chi connectivity index (χ2v) is 31.8. The predicted octanol–water partition coefficient (Wildman–Crippen LogP) is 9.67. The molecule has 10 atom stereocenters. The van der Waals surface area contributed by atoms with Crippen molar-refractivity contribution in [2.45, 2.75) is 190 Å². The Kier molecular flexibility index (Phi) is 16.7. The van der Waals surface area contributed by atoms with E-state index in [-0.39, 0.29) is 58.9 Å². The van der Waals surface area contributed by atoms with Gasteiger partial charge in [-0.1, -0.05) is 79.8 Å². The van der Waals surface area contributed by atoms with Crippen molar-refractivity contribution in [3.05, 3.63) is 54.6 Å². The molecule has 1 aromatic carbocycles. The van der Waals surface area contributed by atoms with Crippen molar-refractivity contribution >= 4 is 26.5 Å². The highest BCUT2D eigenvalue weighted by Gasteiger charge is 2.50. The molecule has 0 aliphatic carbocycles. The number of ether oxygens (including phenoxy) is 4. The van der Waals surface area contributed by atoms with E-state index in [0.29, 0.717) is 24.3 Å². The molecule has 0 amide bonds. The van der Waals surface area contributed by atoms with Gasteiger partial charge in [0, 0.05) is 32.5 Å². The average molecular weight is 851 g/mol. The summed E-state index contributed by atoms with van der Waals surface area (Å²) in [6.07, 6.45) is 4.12.